The zero-order valence-electron chi connectivity index (χ0n) is 18.0. The molecular formula is C24H31FN2O2. The van der Waals surface area contributed by atoms with Gasteiger partial charge in [0.25, 0.3) is 0 Å². The Hall–Kier alpha value is -2.69. The van der Waals surface area contributed by atoms with Crippen LogP contribution in [0.3, 0.4) is 0 Å². The van der Waals surface area contributed by atoms with E-state index in [2.05, 4.69) is 5.32 Å². The fourth-order valence-electron chi connectivity index (χ4n) is 3.28. The third kappa shape index (κ3) is 6.41. The van der Waals surface area contributed by atoms with Crippen molar-refractivity contribution in [3.05, 3.63) is 70.5 Å². The van der Waals surface area contributed by atoms with Crippen LogP contribution in [-0.4, -0.2) is 28.8 Å². The lowest BCUT2D eigenvalue weighted by atomic mass is 10.0. The molecule has 2 rings (SSSR count). The fraction of sp³-hybridized carbons (Fsp3) is 0.417. The molecule has 5 heteroatoms. The first kappa shape index (κ1) is 22.6. The van der Waals surface area contributed by atoms with Gasteiger partial charge in [-0.1, -0.05) is 37.3 Å². The SMILES string of the molecule is CC[C@@H](C(=O)NC(C)C)N(Cc1ccc(F)cc1)C(=O)Cc1ccc(C)c(C)c1. The van der Waals surface area contributed by atoms with Gasteiger partial charge < -0.3 is 10.2 Å². The van der Waals surface area contributed by atoms with Gasteiger partial charge in [-0.3, -0.25) is 9.59 Å². The smallest absolute Gasteiger partial charge is 0.243 e. The van der Waals surface area contributed by atoms with Gasteiger partial charge in [0.2, 0.25) is 11.8 Å². The van der Waals surface area contributed by atoms with E-state index >= 15 is 0 Å². The van der Waals surface area contributed by atoms with Gasteiger partial charge in [0.15, 0.2) is 0 Å². The Morgan fingerprint density at radius 1 is 1.00 bits per heavy atom. The molecule has 29 heavy (non-hydrogen) atoms. The van der Waals surface area contributed by atoms with Crippen molar-refractivity contribution in [3.63, 3.8) is 0 Å². The number of amides is 2. The van der Waals surface area contributed by atoms with Crippen molar-refractivity contribution in [2.24, 2.45) is 0 Å². The molecule has 0 heterocycles. The Balaban J connectivity index is 2.30. The number of carbonyl (C=O) groups is 2. The molecule has 0 radical (unpaired) electrons. The van der Waals surface area contributed by atoms with E-state index in [0.717, 1.165) is 16.7 Å². The summed E-state index contributed by atoms with van der Waals surface area (Å²) in [6.45, 7) is 9.99. The molecule has 2 amide bonds. The summed E-state index contributed by atoms with van der Waals surface area (Å²) in [6.07, 6.45) is 0.714. The Bertz CT molecular complexity index is 846. The van der Waals surface area contributed by atoms with Crippen LogP contribution in [-0.2, 0) is 22.6 Å². The lowest BCUT2D eigenvalue weighted by molar-refractivity contribution is -0.141. The minimum Gasteiger partial charge on any atom is -0.352 e. The van der Waals surface area contributed by atoms with Gasteiger partial charge in [-0.05, 0) is 68.5 Å². The zero-order chi connectivity index (χ0) is 21.6. The van der Waals surface area contributed by atoms with Crippen molar-refractivity contribution in [2.75, 3.05) is 0 Å². The van der Waals surface area contributed by atoms with Crippen LogP contribution in [0.15, 0.2) is 42.5 Å². The second kappa shape index (κ2) is 10.2. The summed E-state index contributed by atoms with van der Waals surface area (Å²) >= 11 is 0. The Kier molecular flexibility index (Phi) is 7.94. The Morgan fingerprint density at radius 3 is 2.17 bits per heavy atom. The van der Waals surface area contributed by atoms with Crippen LogP contribution in [0.2, 0.25) is 0 Å². The van der Waals surface area contributed by atoms with E-state index in [4.69, 9.17) is 0 Å². The molecule has 0 aliphatic carbocycles. The monoisotopic (exact) mass is 398 g/mol. The van der Waals surface area contributed by atoms with E-state index in [1.807, 2.05) is 52.8 Å². The Morgan fingerprint density at radius 2 is 1.62 bits per heavy atom. The molecule has 4 nitrogen and oxygen atoms in total. The highest BCUT2D eigenvalue weighted by Crippen LogP contribution is 2.17. The molecule has 0 spiro atoms. The molecule has 1 N–H and O–H groups in total. The topological polar surface area (TPSA) is 49.4 Å². The molecule has 1 atom stereocenters. The molecule has 0 unspecified atom stereocenters. The normalized spacial score (nSPS) is 12.0. The first-order valence-electron chi connectivity index (χ1n) is 10.1. The minimum atomic E-state index is -0.582. The summed E-state index contributed by atoms with van der Waals surface area (Å²) in [5.41, 5.74) is 4.01. The number of nitrogens with zero attached hydrogens (tertiary/aromatic N) is 1. The van der Waals surface area contributed by atoms with E-state index in [0.29, 0.717) is 6.42 Å². The summed E-state index contributed by atoms with van der Waals surface area (Å²) in [4.78, 5) is 27.6. The molecule has 156 valence electrons. The van der Waals surface area contributed by atoms with Crippen LogP contribution in [0.4, 0.5) is 4.39 Å². The Labute approximate surface area is 173 Å². The number of hydrogen-bond acceptors (Lipinski definition) is 2. The molecule has 2 aromatic rings. The molecule has 0 bridgehead atoms. The molecule has 0 saturated heterocycles. The highest BCUT2D eigenvalue weighted by atomic mass is 19.1. The lowest BCUT2D eigenvalue weighted by Gasteiger charge is -2.31. The van der Waals surface area contributed by atoms with E-state index in [-0.39, 0.29) is 36.6 Å². The first-order valence-corrected chi connectivity index (χ1v) is 10.1. The van der Waals surface area contributed by atoms with Gasteiger partial charge in [-0.15, -0.1) is 0 Å². The zero-order valence-corrected chi connectivity index (χ0v) is 18.0. The first-order chi connectivity index (χ1) is 13.7. The van der Waals surface area contributed by atoms with E-state index in [9.17, 15) is 14.0 Å². The largest absolute Gasteiger partial charge is 0.352 e. The summed E-state index contributed by atoms with van der Waals surface area (Å²) in [6, 6.07) is 11.4. The predicted octanol–water partition coefficient (Wildman–Crippen LogP) is 4.32. The van der Waals surface area contributed by atoms with Crippen LogP contribution >= 0.6 is 0 Å². The number of halogens is 1. The third-order valence-electron chi connectivity index (χ3n) is 5.01. The standard InChI is InChI=1S/C24H31FN2O2/c1-6-22(24(29)26-16(2)3)27(15-19-9-11-21(25)12-10-19)23(28)14-20-8-7-17(4)18(5)13-20/h7-13,16,22H,6,14-15H2,1-5H3,(H,26,29)/t22-/m0/s1. The average Bonchev–Trinajstić information content (AvgIpc) is 2.65. The number of nitrogens with one attached hydrogen (secondary N) is 1. The summed E-state index contributed by atoms with van der Waals surface area (Å²) < 4.78 is 13.3. The van der Waals surface area contributed by atoms with Crippen molar-refractivity contribution < 1.29 is 14.0 Å². The molecule has 0 aliphatic rings. The average molecular weight is 399 g/mol. The van der Waals surface area contributed by atoms with Crippen LogP contribution in [0.5, 0.6) is 0 Å². The van der Waals surface area contributed by atoms with Crippen molar-refractivity contribution in [2.45, 2.75) is 66.1 Å². The molecule has 0 fully saturated rings. The highest BCUT2D eigenvalue weighted by Gasteiger charge is 2.29. The second-order valence-electron chi connectivity index (χ2n) is 7.83. The second-order valence-corrected chi connectivity index (χ2v) is 7.83. The summed E-state index contributed by atoms with van der Waals surface area (Å²) in [7, 11) is 0. The van der Waals surface area contributed by atoms with Crippen LogP contribution < -0.4 is 5.32 Å². The molecule has 0 aromatic heterocycles. The van der Waals surface area contributed by atoms with Gasteiger partial charge in [0, 0.05) is 12.6 Å². The van der Waals surface area contributed by atoms with Crippen molar-refractivity contribution >= 4 is 11.8 Å². The highest BCUT2D eigenvalue weighted by molar-refractivity contribution is 5.88. The number of aryl methyl sites for hydroxylation is 2. The maximum absolute atomic E-state index is 13.3. The van der Waals surface area contributed by atoms with Crippen LogP contribution in [0.25, 0.3) is 0 Å². The maximum atomic E-state index is 13.3. The van der Waals surface area contributed by atoms with Crippen molar-refractivity contribution in [3.8, 4) is 0 Å². The van der Waals surface area contributed by atoms with Crippen LogP contribution in [0, 0.1) is 19.7 Å². The molecule has 0 saturated carbocycles. The van der Waals surface area contributed by atoms with Crippen molar-refractivity contribution in [1.29, 1.82) is 0 Å². The van der Waals surface area contributed by atoms with E-state index < -0.39 is 6.04 Å². The van der Waals surface area contributed by atoms with Gasteiger partial charge in [-0.25, -0.2) is 4.39 Å². The van der Waals surface area contributed by atoms with E-state index in [1.54, 1.807) is 17.0 Å². The number of benzene rings is 2. The van der Waals surface area contributed by atoms with Crippen LogP contribution in [0.1, 0.15) is 49.4 Å². The molecular weight excluding hydrogens is 367 g/mol. The van der Waals surface area contributed by atoms with Gasteiger partial charge in [0.05, 0.1) is 6.42 Å². The maximum Gasteiger partial charge on any atom is 0.243 e. The lowest BCUT2D eigenvalue weighted by Crippen LogP contribution is -2.50. The van der Waals surface area contributed by atoms with Gasteiger partial charge in [0.1, 0.15) is 11.9 Å². The predicted molar refractivity (Wildman–Crippen MR) is 114 cm³/mol. The van der Waals surface area contributed by atoms with E-state index in [1.165, 1.54) is 17.7 Å². The molecule has 0 aliphatic heterocycles. The third-order valence-corrected chi connectivity index (χ3v) is 5.01. The summed E-state index contributed by atoms with van der Waals surface area (Å²) in [5, 5.41) is 2.91. The van der Waals surface area contributed by atoms with Crippen molar-refractivity contribution in [1.82, 2.24) is 10.2 Å². The van der Waals surface area contributed by atoms with Gasteiger partial charge in [-0.2, -0.15) is 0 Å². The number of carbonyl (C=O) groups excluding carboxylic acids is 2. The summed E-state index contributed by atoms with van der Waals surface area (Å²) in [5.74, 6) is -0.618. The van der Waals surface area contributed by atoms with Gasteiger partial charge >= 0.3 is 0 Å². The minimum absolute atomic E-state index is 0.0147. The number of rotatable bonds is 8. The number of hydrogen-bond donors (Lipinski definition) is 1. The molecule has 2 aromatic carbocycles. The quantitative estimate of drug-likeness (QED) is 0.720. The fourth-order valence-corrected chi connectivity index (χ4v) is 3.28.